The molecule has 706 valence electrons. The summed E-state index contributed by atoms with van der Waals surface area (Å²) in [5.41, 5.74) is 6.23. The molecule has 6 heterocycles. The predicted molar refractivity (Wildman–Crippen MR) is 489 cm³/mol. The lowest BCUT2D eigenvalue weighted by Gasteiger charge is -2.54. The molecule has 0 aromatic rings. The fourth-order valence-corrected chi connectivity index (χ4v) is 38.9. The third kappa shape index (κ3) is 13.3. The van der Waals surface area contributed by atoms with Crippen molar-refractivity contribution in [1.82, 2.24) is 46.6 Å². The number of aliphatic hydroxyl groups is 2. The van der Waals surface area contributed by atoms with Gasteiger partial charge in [0.15, 0.2) is 5.78 Å². The lowest BCUT2D eigenvalue weighted by Crippen LogP contribution is -2.55. The third-order valence-electron chi connectivity index (χ3n) is 44.9. The summed E-state index contributed by atoms with van der Waals surface area (Å²) in [5.74, 6) is 11.0. The van der Waals surface area contributed by atoms with Crippen molar-refractivity contribution in [2.45, 2.75) is 368 Å². The molecule has 0 aromatic heterocycles. The molecule has 6 amide bonds. The predicted octanol–water partition coefficient (Wildman–Crippen LogP) is 13.6. The average molecular weight is 1760 g/mol. The van der Waals surface area contributed by atoms with Gasteiger partial charge in [-0.05, 0) is 294 Å². The fraction of sp³-hybridized carbons (Fsp3) is 0.896. The highest BCUT2D eigenvalue weighted by molar-refractivity contribution is 5.92. The van der Waals surface area contributed by atoms with E-state index in [2.05, 4.69) is 136 Å². The van der Waals surface area contributed by atoms with Crippen molar-refractivity contribution in [3.63, 3.8) is 0 Å². The number of carbonyl (C=O) groups is 7. The zero-order valence-corrected chi connectivity index (χ0v) is 80.7. The van der Waals surface area contributed by atoms with Crippen LogP contribution in [0.15, 0.2) is 23.3 Å². The number of ketones is 1. The summed E-state index contributed by atoms with van der Waals surface area (Å²) >= 11 is 0. The van der Waals surface area contributed by atoms with E-state index in [-0.39, 0.29) is 129 Å². The number of hydrogen-bond acceptors (Lipinski definition) is 15. The van der Waals surface area contributed by atoms with Crippen molar-refractivity contribution < 1.29 is 58.0 Å². The van der Waals surface area contributed by atoms with Gasteiger partial charge in [-0.25, -0.2) is 0 Å². The van der Waals surface area contributed by atoms with Crippen LogP contribution in [0.25, 0.3) is 0 Å². The Hall–Kier alpha value is -4.35. The molecule has 0 aromatic carbocycles. The minimum absolute atomic E-state index is 0.0351. The van der Waals surface area contributed by atoms with Crippen LogP contribution in [0, 0.1) is 149 Å². The maximum absolute atomic E-state index is 12.4. The molecule has 8 unspecified atom stereocenters. The van der Waals surface area contributed by atoms with Crippen LogP contribution in [0.3, 0.4) is 0 Å². The second kappa shape index (κ2) is 31.9. The van der Waals surface area contributed by atoms with Gasteiger partial charge in [0.2, 0.25) is 35.4 Å². The summed E-state index contributed by atoms with van der Waals surface area (Å²) in [6.07, 6.45) is 39.9. The molecule has 22 aliphatic rings. The van der Waals surface area contributed by atoms with E-state index < -0.39 is 0 Å². The van der Waals surface area contributed by atoms with Crippen LogP contribution in [0.4, 0.5) is 0 Å². The summed E-state index contributed by atoms with van der Waals surface area (Å²) in [5, 5.41) is 38.3. The summed E-state index contributed by atoms with van der Waals surface area (Å²) < 4.78 is 22.4. The van der Waals surface area contributed by atoms with Gasteiger partial charge in [0, 0.05) is 137 Å². The second-order valence-electron chi connectivity index (χ2n) is 49.8. The van der Waals surface area contributed by atoms with Gasteiger partial charge in [0.1, 0.15) is 0 Å². The largest absolute Gasteiger partial charge is 0.393 e. The van der Waals surface area contributed by atoms with E-state index in [0.717, 1.165) is 163 Å². The normalized spacial score (nSPS) is 51.7. The average Bonchev–Trinajstić information content (AvgIpc) is 1.47. The number of aliphatic hydroxyl groups excluding tert-OH is 2. The first-order valence-electron chi connectivity index (χ1n) is 52.5. The van der Waals surface area contributed by atoms with E-state index in [1.54, 1.807) is 26.3 Å². The van der Waals surface area contributed by atoms with E-state index in [1.165, 1.54) is 115 Å². The SMILES string of the molecule is CCC(=O)NCC(=O)NCCN1C[C@@H](C)C[C@H]2O[C@]3(CC[C@H]4[C@@H]5CC6CC67C[C@@H](O)CC[C@]7(C)[C@H]5CC45CC53C)[C@H](C)[C@@H]21.CCC(=O)NCC(=O)NCCN1C[C@@H](C)C[C@H]2O[C@]3(CC[C@H]4[C@@H]5CC=C6C[C@@H](O)CC[C@]6(C)[C@H]5CC45CC53C)[C@H](C)[C@@H]21.CCC(=O)NCC(=O)NCCN1C[C@@H](C)C[C@H]2O[C@]3(CC[C@H]4[C@@H]5CCC6=CC(=O)CC[C@]6(C)[C@H]5CC45CC53C)[C@H](C)[C@@H]21. The van der Waals surface area contributed by atoms with E-state index >= 15 is 0 Å². The Labute approximate surface area is 760 Å². The van der Waals surface area contributed by atoms with Crippen molar-refractivity contribution in [3.05, 3.63) is 23.3 Å². The summed E-state index contributed by atoms with van der Waals surface area (Å²) in [4.78, 5) is 92.0. The number of carbonyl (C=O) groups excluding carboxylic acids is 7. The Morgan fingerprint density at radius 3 is 1.28 bits per heavy atom. The quantitative estimate of drug-likeness (QED) is 0.0593. The Morgan fingerprint density at radius 2 is 0.827 bits per heavy atom. The molecule has 22 rings (SSSR count). The first kappa shape index (κ1) is 90.5. The second-order valence-corrected chi connectivity index (χ2v) is 49.8. The topological polar surface area (TPSA) is 270 Å². The maximum atomic E-state index is 12.4. The summed E-state index contributed by atoms with van der Waals surface area (Å²) in [7, 11) is 0. The molecule has 6 saturated heterocycles. The zero-order valence-electron chi connectivity index (χ0n) is 80.7. The summed E-state index contributed by atoms with van der Waals surface area (Å²) in [6, 6.07) is 1.21. The molecule has 0 bridgehead atoms. The highest BCUT2D eigenvalue weighted by Crippen LogP contribution is 2.93. The molecule has 127 heavy (non-hydrogen) atoms. The standard InChI is InChI=1S/C36H57N3O4.C35H55N3O4.C35H53N3O4/c1-6-29(41)38-18-30(42)37-11-12-39-19-21(2)13-28-31(39)22(3)36(43-28)10-8-26-25-14-23-15-34(23)16-24(40)7-9-32(34,4)27(25)17-35(26)20-33(35,36)5;2*1-6-29(40)37-18-30(41)36-13-14-38-19-21(2)15-28-31(38)22(3)35(42-28)12-10-26-25-8-7-23-16-24(39)9-11-32(23,4)27(25)17-34(26)20-33(34,35)5/h21-28,31,40H,6-20H2,1-5H3,(H,37,42)(H,38,41);7,21-22,24-28,31,39H,6,8-20H2,1-5H3,(H,36,41)(H,37,40);16,21-22,25-28,31H,6-15,17-20H2,1-5H3,(H,36,41)(H,37,40)/t21-,22+,23?,24-,25-,26-,27-,28+,31-,32+,33?,34?,35?,36+;21-,22+,24-,25-,26-,27-,28+,31-,32-,33?,34?,35+;21-,22+,25-,26-,27-,28+,31-,32-,33?,34?,35+/m000/s1. The van der Waals surface area contributed by atoms with Crippen molar-refractivity contribution in [3.8, 4) is 0 Å². The fourth-order valence-electron chi connectivity index (χ4n) is 38.9. The molecule has 21 heteroatoms. The number of piperidine rings is 3. The van der Waals surface area contributed by atoms with Crippen LogP contribution in [-0.4, -0.2) is 210 Å². The van der Waals surface area contributed by atoms with Gasteiger partial charge in [0.25, 0.3) is 0 Å². The van der Waals surface area contributed by atoms with Crippen LogP contribution >= 0.6 is 0 Å². The number of nitrogens with zero attached hydrogens (tertiary/aromatic N) is 3. The van der Waals surface area contributed by atoms with Crippen LogP contribution in [0.5, 0.6) is 0 Å². The molecule has 20 fully saturated rings. The monoisotopic (exact) mass is 1760 g/mol. The van der Waals surface area contributed by atoms with Gasteiger partial charge in [-0.2, -0.15) is 0 Å². The highest BCUT2D eigenvalue weighted by atomic mass is 16.5. The van der Waals surface area contributed by atoms with Crippen molar-refractivity contribution in [2.24, 2.45) is 149 Å². The van der Waals surface area contributed by atoms with Gasteiger partial charge < -0.3 is 56.3 Å². The van der Waals surface area contributed by atoms with Gasteiger partial charge in [-0.1, -0.05) is 121 Å². The smallest absolute Gasteiger partial charge is 0.239 e. The number of allylic oxidation sites excluding steroid dienone is 3. The number of ether oxygens (including phenoxy) is 3. The van der Waals surface area contributed by atoms with Crippen molar-refractivity contribution in [1.29, 1.82) is 0 Å². The van der Waals surface area contributed by atoms with E-state index in [9.17, 15) is 43.8 Å². The maximum Gasteiger partial charge on any atom is 0.239 e. The van der Waals surface area contributed by atoms with Gasteiger partial charge in [0.05, 0.1) is 67.0 Å². The number of likely N-dealkylation sites (tertiary alicyclic amines) is 3. The van der Waals surface area contributed by atoms with Gasteiger partial charge >= 0.3 is 0 Å². The number of nitrogens with one attached hydrogen (secondary N) is 6. The van der Waals surface area contributed by atoms with E-state index in [0.29, 0.717) is 131 Å². The minimum Gasteiger partial charge on any atom is -0.393 e. The van der Waals surface area contributed by atoms with Crippen LogP contribution in [0.1, 0.15) is 303 Å². The molecule has 8 N–H and O–H groups in total. The Bertz CT molecular complexity index is 4410. The van der Waals surface area contributed by atoms with Crippen LogP contribution < -0.4 is 31.9 Å². The van der Waals surface area contributed by atoms with E-state index in [1.807, 2.05) is 6.08 Å². The molecule has 7 spiro atoms. The molecular formula is C106H165N9O12. The number of rotatable bonds is 18. The van der Waals surface area contributed by atoms with Crippen molar-refractivity contribution >= 4 is 41.2 Å². The lowest BCUT2D eigenvalue weighted by atomic mass is 9.51. The van der Waals surface area contributed by atoms with Crippen LogP contribution in [0.2, 0.25) is 0 Å². The van der Waals surface area contributed by atoms with Crippen molar-refractivity contribution in [2.75, 3.05) is 78.5 Å². The van der Waals surface area contributed by atoms with E-state index in [4.69, 9.17) is 14.2 Å². The molecule has 6 aliphatic heterocycles. The molecule has 37 atom stereocenters. The Balaban J connectivity index is 0.000000120. The Kier molecular flexibility index (Phi) is 22.7. The highest BCUT2D eigenvalue weighted by Gasteiger charge is 2.89. The first-order valence-corrected chi connectivity index (χ1v) is 52.5. The molecule has 14 saturated carbocycles. The number of amides is 6. The Morgan fingerprint density at radius 1 is 0.417 bits per heavy atom. The third-order valence-corrected chi connectivity index (χ3v) is 44.9. The molecule has 21 nitrogen and oxygen atoms in total. The molecule has 0 radical (unpaired) electrons. The number of fused-ring (bicyclic) bond motifs is 17. The summed E-state index contributed by atoms with van der Waals surface area (Å²) in [6.45, 7) is 43.2. The van der Waals surface area contributed by atoms with Gasteiger partial charge in [-0.3, -0.25) is 48.3 Å². The number of hydrogen-bond donors (Lipinski definition) is 8. The molecule has 16 aliphatic carbocycles. The first-order chi connectivity index (χ1) is 60.4. The lowest BCUT2D eigenvalue weighted by molar-refractivity contribution is -0.148. The molecular weight excluding hydrogens is 1590 g/mol. The van der Waals surface area contributed by atoms with Crippen LogP contribution in [-0.2, 0) is 47.8 Å². The van der Waals surface area contributed by atoms with Gasteiger partial charge in [-0.15, -0.1) is 0 Å². The minimum atomic E-state index is -0.145. The zero-order chi connectivity index (χ0) is 89.5.